The van der Waals surface area contributed by atoms with Gasteiger partial charge in [0.1, 0.15) is 0 Å². The minimum atomic E-state index is -0.940. The van der Waals surface area contributed by atoms with Gasteiger partial charge in [-0.05, 0) is 23.6 Å². The maximum Gasteiger partial charge on any atom is 0.335 e. The molecule has 0 saturated carbocycles. The van der Waals surface area contributed by atoms with E-state index in [-0.39, 0.29) is 0 Å². The maximum absolute atomic E-state index is 13.5. The van der Waals surface area contributed by atoms with Crippen LogP contribution in [-0.2, 0) is 29.9 Å². The summed E-state index contributed by atoms with van der Waals surface area (Å²) >= 11 is 0. The van der Waals surface area contributed by atoms with Crippen LogP contribution in [0.1, 0.15) is 50.9 Å². The molecule has 3 aromatic carbocycles. The van der Waals surface area contributed by atoms with Crippen molar-refractivity contribution in [1.29, 1.82) is 0 Å². The second-order valence-corrected chi connectivity index (χ2v) is 10.2. The molecule has 3 aliphatic rings. The molecule has 0 spiro atoms. The molecule has 6 nitrogen and oxygen atoms in total. The SMILES string of the molecule is CCCC12C=CC(CCC)(C(C(=O)OC)=C1C(=O)OC)c1nc3c4ccccc4c4ccccc4c3nc12. The van der Waals surface area contributed by atoms with Crippen molar-refractivity contribution in [3.8, 4) is 0 Å². The normalized spacial score (nSPS) is 21.8. The molecule has 2 atom stereocenters. The Morgan fingerprint density at radius 3 is 1.37 bits per heavy atom. The minimum Gasteiger partial charge on any atom is -0.466 e. The first-order valence-electron chi connectivity index (χ1n) is 13.2. The Hall–Kier alpha value is -4.06. The van der Waals surface area contributed by atoms with E-state index in [1.807, 2.05) is 24.3 Å². The first kappa shape index (κ1) is 24.3. The number of allylic oxidation sites excluding steroid dienone is 2. The lowest BCUT2D eigenvalue weighted by atomic mass is 9.53. The fourth-order valence-corrected chi connectivity index (χ4v) is 6.79. The maximum atomic E-state index is 13.5. The van der Waals surface area contributed by atoms with Gasteiger partial charge in [-0.25, -0.2) is 19.6 Å². The van der Waals surface area contributed by atoms with E-state index >= 15 is 0 Å². The number of nitrogens with zero attached hydrogens (tertiary/aromatic N) is 2. The highest BCUT2D eigenvalue weighted by atomic mass is 16.5. The third-order valence-electron chi connectivity index (χ3n) is 8.26. The van der Waals surface area contributed by atoms with Gasteiger partial charge in [-0.3, -0.25) is 0 Å². The first-order chi connectivity index (χ1) is 18.5. The lowest BCUT2D eigenvalue weighted by Gasteiger charge is -2.49. The van der Waals surface area contributed by atoms with E-state index in [0.717, 1.165) is 56.8 Å². The first-order valence-corrected chi connectivity index (χ1v) is 13.2. The molecule has 0 radical (unpaired) electrons. The van der Waals surface area contributed by atoms with Crippen molar-refractivity contribution < 1.29 is 19.1 Å². The van der Waals surface area contributed by atoms with Gasteiger partial charge in [0.05, 0.1) is 58.6 Å². The number of ether oxygens (including phenoxy) is 2. The number of hydrogen-bond acceptors (Lipinski definition) is 6. The molecule has 0 aliphatic heterocycles. The van der Waals surface area contributed by atoms with Crippen molar-refractivity contribution in [2.24, 2.45) is 0 Å². The summed E-state index contributed by atoms with van der Waals surface area (Å²) in [6.45, 7) is 4.13. The highest BCUT2D eigenvalue weighted by molar-refractivity contribution is 6.23. The summed E-state index contributed by atoms with van der Waals surface area (Å²) in [5.74, 6) is -1.06. The van der Waals surface area contributed by atoms with Crippen LogP contribution >= 0.6 is 0 Å². The van der Waals surface area contributed by atoms with Crippen molar-refractivity contribution in [3.63, 3.8) is 0 Å². The Balaban J connectivity index is 1.84. The van der Waals surface area contributed by atoms with Gasteiger partial charge in [-0.15, -0.1) is 0 Å². The Labute approximate surface area is 221 Å². The van der Waals surface area contributed by atoms with Gasteiger partial charge >= 0.3 is 11.9 Å². The van der Waals surface area contributed by atoms with Crippen LogP contribution in [0.25, 0.3) is 32.6 Å². The van der Waals surface area contributed by atoms with Crippen molar-refractivity contribution in [2.45, 2.75) is 50.4 Å². The van der Waals surface area contributed by atoms with E-state index < -0.39 is 22.8 Å². The van der Waals surface area contributed by atoms with Gasteiger partial charge in [0.25, 0.3) is 0 Å². The number of esters is 2. The number of methoxy groups -OCH3 is 2. The minimum absolute atomic E-state index is 0.330. The molecule has 0 N–H and O–H groups in total. The van der Waals surface area contributed by atoms with E-state index in [2.05, 4.69) is 50.3 Å². The molecule has 6 heteroatoms. The summed E-state index contributed by atoms with van der Waals surface area (Å²) in [5, 5.41) is 4.23. The monoisotopic (exact) mass is 506 g/mol. The van der Waals surface area contributed by atoms with E-state index in [9.17, 15) is 9.59 Å². The Kier molecular flexibility index (Phi) is 5.60. The largest absolute Gasteiger partial charge is 0.466 e. The zero-order valence-electron chi connectivity index (χ0n) is 22.1. The second kappa shape index (κ2) is 8.76. The number of aromatic nitrogens is 2. The molecule has 2 unspecified atom stereocenters. The van der Waals surface area contributed by atoms with Gasteiger partial charge in [0.15, 0.2) is 0 Å². The topological polar surface area (TPSA) is 78.4 Å². The smallest absolute Gasteiger partial charge is 0.335 e. The highest BCUT2D eigenvalue weighted by Gasteiger charge is 2.59. The number of rotatable bonds is 6. The van der Waals surface area contributed by atoms with Gasteiger partial charge in [-0.1, -0.05) is 87.4 Å². The van der Waals surface area contributed by atoms with Gasteiger partial charge in [-0.2, -0.15) is 0 Å². The number of benzene rings is 3. The molecule has 0 fully saturated rings. The van der Waals surface area contributed by atoms with Crippen molar-refractivity contribution in [2.75, 3.05) is 14.2 Å². The summed E-state index contributed by atoms with van der Waals surface area (Å²) in [7, 11) is 2.71. The molecular formula is C32H30N2O4. The molecule has 1 heterocycles. The van der Waals surface area contributed by atoms with Gasteiger partial charge in [0.2, 0.25) is 0 Å². The molecule has 0 saturated heterocycles. The Bertz CT molecular complexity index is 1600. The van der Waals surface area contributed by atoms with E-state index in [4.69, 9.17) is 19.4 Å². The van der Waals surface area contributed by atoms with Gasteiger partial charge < -0.3 is 9.47 Å². The fraction of sp³-hybridized carbons (Fsp3) is 0.312. The lowest BCUT2D eigenvalue weighted by Crippen LogP contribution is -2.51. The number of fused-ring (bicyclic) bond motifs is 6. The predicted molar refractivity (Wildman–Crippen MR) is 148 cm³/mol. The summed E-state index contributed by atoms with van der Waals surface area (Å²) in [6.07, 6.45) is 6.81. The van der Waals surface area contributed by atoms with Crippen LogP contribution in [0.15, 0.2) is 71.8 Å². The highest BCUT2D eigenvalue weighted by Crippen LogP contribution is 2.58. The van der Waals surface area contributed by atoms with Gasteiger partial charge in [0, 0.05) is 10.8 Å². The van der Waals surface area contributed by atoms with Crippen LogP contribution in [0.3, 0.4) is 0 Å². The van der Waals surface area contributed by atoms with Crippen LogP contribution in [0.4, 0.5) is 0 Å². The third-order valence-corrected chi connectivity index (χ3v) is 8.26. The lowest BCUT2D eigenvalue weighted by molar-refractivity contribution is -0.140. The molecule has 7 rings (SSSR count). The van der Waals surface area contributed by atoms with Crippen LogP contribution in [0.2, 0.25) is 0 Å². The zero-order valence-corrected chi connectivity index (χ0v) is 22.1. The van der Waals surface area contributed by atoms with Crippen molar-refractivity contribution >= 4 is 44.5 Å². The summed E-state index contributed by atoms with van der Waals surface area (Å²) in [5.41, 5.74) is 1.84. The van der Waals surface area contributed by atoms with E-state index in [1.165, 1.54) is 14.2 Å². The summed E-state index contributed by atoms with van der Waals surface area (Å²) in [6, 6.07) is 16.5. The van der Waals surface area contributed by atoms with Crippen LogP contribution in [-0.4, -0.2) is 36.1 Å². The average molecular weight is 507 g/mol. The van der Waals surface area contributed by atoms with Crippen molar-refractivity contribution in [3.05, 3.63) is 83.2 Å². The molecule has 2 bridgehead atoms. The van der Waals surface area contributed by atoms with Crippen LogP contribution in [0, 0.1) is 0 Å². The molecule has 38 heavy (non-hydrogen) atoms. The standard InChI is InChI=1S/C32H30N2O4/c1-5-15-31-17-18-32(16-6-2,24(30(36)38-4)23(31)29(35)37-3)28-27(31)33-25-21-13-9-7-11-19(21)20-12-8-10-14-22(20)26(25)34-28/h7-14,17-18H,5-6,15-16H2,1-4H3. The molecule has 3 aliphatic carbocycles. The summed E-state index contributed by atoms with van der Waals surface area (Å²) < 4.78 is 10.6. The number of hydrogen-bond donors (Lipinski definition) is 0. The number of carbonyl (C=O) groups is 2. The average Bonchev–Trinajstić information content (AvgIpc) is 2.96. The van der Waals surface area contributed by atoms with Crippen molar-refractivity contribution in [1.82, 2.24) is 9.97 Å². The summed E-state index contributed by atoms with van der Waals surface area (Å²) in [4.78, 5) is 37.8. The van der Waals surface area contributed by atoms with E-state index in [1.54, 1.807) is 0 Å². The molecular weight excluding hydrogens is 476 g/mol. The van der Waals surface area contributed by atoms with Crippen LogP contribution < -0.4 is 0 Å². The number of carbonyl (C=O) groups excluding carboxylic acids is 2. The molecule has 0 amide bonds. The van der Waals surface area contributed by atoms with Crippen LogP contribution in [0.5, 0.6) is 0 Å². The zero-order chi connectivity index (χ0) is 26.7. The molecule has 1 aromatic heterocycles. The third kappa shape index (κ3) is 3.00. The molecule has 192 valence electrons. The quantitative estimate of drug-likeness (QED) is 0.175. The molecule has 4 aromatic rings. The fourth-order valence-electron chi connectivity index (χ4n) is 6.79. The Morgan fingerprint density at radius 1 is 0.658 bits per heavy atom. The Morgan fingerprint density at radius 2 is 1.03 bits per heavy atom. The predicted octanol–water partition coefficient (Wildman–Crippen LogP) is 6.24. The van der Waals surface area contributed by atoms with E-state index in [0.29, 0.717) is 24.0 Å². The second-order valence-electron chi connectivity index (χ2n) is 10.2.